The van der Waals surface area contributed by atoms with Gasteiger partial charge in [0.05, 0.1) is 5.60 Å². The van der Waals surface area contributed by atoms with E-state index >= 15 is 0 Å². The molecule has 0 bridgehead atoms. The van der Waals surface area contributed by atoms with Crippen molar-refractivity contribution < 1.29 is 5.11 Å². The zero-order valence-corrected chi connectivity index (χ0v) is 13.3. The average Bonchev–Trinajstić information content (AvgIpc) is 2.77. The van der Waals surface area contributed by atoms with Gasteiger partial charge >= 0.3 is 0 Å². The van der Waals surface area contributed by atoms with E-state index in [9.17, 15) is 5.11 Å². The first kappa shape index (κ1) is 14.4. The Hall–Kier alpha value is -0.0300. The van der Waals surface area contributed by atoms with Gasteiger partial charge in [0.1, 0.15) is 0 Å². The molecule has 2 atom stereocenters. The van der Waals surface area contributed by atoms with Crippen molar-refractivity contribution in [1.29, 1.82) is 0 Å². The number of halogens is 1. The monoisotopic (exact) mass is 329 g/mol. The number of thioether (sulfide) groups is 1. The van der Waals surface area contributed by atoms with E-state index in [-0.39, 0.29) is 6.04 Å². The zero-order valence-electron chi connectivity index (χ0n) is 10.9. The maximum absolute atomic E-state index is 10.3. The van der Waals surface area contributed by atoms with Crippen LogP contribution in [0, 0.1) is 6.92 Å². The fourth-order valence-electron chi connectivity index (χ4n) is 2.13. The maximum Gasteiger partial charge on any atom is 0.0869 e. The van der Waals surface area contributed by atoms with Crippen molar-refractivity contribution in [3.8, 4) is 0 Å². The molecule has 0 aromatic heterocycles. The molecule has 100 valence electrons. The van der Waals surface area contributed by atoms with Crippen LogP contribution in [-0.2, 0) is 0 Å². The van der Waals surface area contributed by atoms with E-state index in [1.165, 1.54) is 11.1 Å². The Morgan fingerprint density at radius 2 is 2.33 bits per heavy atom. The molecule has 2 rings (SSSR count). The molecule has 1 aromatic rings. The van der Waals surface area contributed by atoms with Gasteiger partial charge in [0.25, 0.3) is 0 Å². The standard InChI is InChI=1S/C14H20BrNOS/c1-10-7-12(3-4-13(10)15)11(2)16-8-14(17)5-6-18-9-14/h3-4,7,11,16-17H,5-6,8-9H2,1-2H3. The highest BCUT2D eigenvalue weighted by Crippen LogP contribution is 2.28. The van der Waals surface area contributed by atoms with E-state index in [0.717, 1.165) is 22.4 Å². The molecule has 1 aliphatic heterocycles. The molecule has 4 heteroatoms. The fourth-order valence-corrected chi connectivity index (χ4v) is 3.68. The van der Waals surface area contributed by atoms with E-state index in [4.69, 9.17) is 0 Å². The van der Waals surface area contributed by atoms with Gasteiger partial charge in [0, 0.05) is 22.8 Å². The van der Waals surface area contributed by atoms with Gasteiger partial charge in [0.2, 0.25) is 0 Å². The van der Waals surface area contributed by atoms with Crippen LogP contribution in [0.2, 0.25) is 0 Å². The highest BCUT2D eigenvalue weighted by atomic mass is 79.9. The van der Waals surface area contributed by atoms with E-state index in [1.807, 2.05) is 11.8 Å². The quantitative estimate of drug-likeness (QED) is 0.889. The first-order chi connectivity index (χ1) is 8.50. The van der Waals surface area contributed by atoms with Gasteiger partial charge in [0.15, 0.2) is 0 Å². The summed E-state index contributed by atoms with van der Waals surface area (Å²) in [6, 6.07) is 6.67. The van der Waals surface area contributed by atoms with E-state index < -0.39 is 5.60 Å². The van der Waals surface area contributed by atoms with Gasteiger partial charge in [-0.1, -0.05) is 28.1 Å². The minimum Gasteiger partial charge on any atom is -0.388 e. The molecule has 0 amide bonds. The molecule has 18 heavy (non-hydrogen) atoms. The fraction of sp³-hybridized carbons (Fsp3) is 0.571. The molecule has 0 aliphatic carbocycles. The van der Waals surface area contributed by atoms with Gasteiger partial charge in [-0.15, -0.1) is 0 Å². The Morgan fingerprint density at radius 1 is 1.56 bits per heavy atom. The van der Waals surface area contributed by atoms with Crippen LogP contribution in [0.25, 0.3) is 0 Å². The van der Waals surface area contributed by atoms with E-state index in [0.29, 0.717) is 6.54 Å². The van der Waals surface area contributed by atoms with Crippen molar-refractivity contribution in [3.63, 3.8) is 0 Å². The number of rotatable bonds is 4. The van der Waals surface area contributed by atoms with Crippen LogP contribution in [0.3, 0.4) is 0 Å². The summed E-state index contributed by atoms with van der Waals surface area (Å²) < 4.78 is 1.14. The van der Waals surface area contributed by atoms with Crippen LogP contribution in [0.1, 0.15) is 30.5 Å². The lowest BCUT2D eigenvalue weighted by molar-refractivity contribution is 0.0651. The van der Waals surface area contributed by atoms with Crippen molar-refractivity contribution in [2.75, 3.05) is 18.1 Å². The summed E-state index contributed by atoms with van der Waals surface area (Å²) in [5, 5.41) is 13.7. The van der Waals surface area contributed by atoms with Crippen LogP contribution in [-0.4, -0.2) is 28.8 Å². The van der Waals surface area contributed by atoms with E-state index in [1.54, 1.807) is 0 Å². The molecule has 1 fully saturated rings. The van der Waals surface area contributed by atoms with Crippen LogP contribution >= 0.6 is 27.7 Å². The highest BCUT2D eigenvalue weighted by molar-refractivity contribution is 9.10. The minimum absolute atomic E-state index is 0.270. The molecular formula is C14H20BrNOS. The Balaban J connectivity index is 1.94. The van der Waals surface area contributed by atoms with Gasteiger partial charge in [-0.2, -0.15) is 11.8 Å². The molecule has 0 saturated carbocycles. The Bertz CT molecular complexity index is 418. The minimum atomic E-state index is -0.511. The summed E-state index contributed by atoms with van der Waals surface area (Å²) in [6.07, 6.45) is 0.900. The zero-order chi connectivity index (χ0) is 13.2. The van der Waals surface area contributed by atoms with Gasteiger partial charge < -0.3 is 10.4 Å². The molecule has 2 N–H and O–H groups in total. The van der Waals surface area contributed by atoms with Gasteiger partial charge in [-0.25, -0.2) is 0 Å². The van der Waals surface area contributed by atoms with Crippen molar-refractivity contribution >= 4 is 27.7 Å². The molecule has 2 unspecified atom stereocenters. The SMILES string of the molecule is Cc1cc(C(C)NCC2(O)CCSC2)ccc1Br. The molecule has 0 spiro atoms. The number of benzene rings is 1. The Kier molecular flexibility index (Phi) is 4.75. The van der Waals surface area contributed by atoms with Crippen molar-refractivity contribution in [1.82, 2.24) is 5.32 Å². The second-order valence-electron chi connectivity index (χ2n) is 5.14. The highest BCUT2D eigenvalue weighted by Gasteiger charge is 2.31. The lowest BCUT2D eigenvalue weighted by Gasteiger charge is -2.25. The second-order valence-corrected chi connectivity index (χ2v) is 7.10. The average molecular weight is 330 g/mol. The van der Waals surface area contributed by atoms with Crippen molar-refractivity contribution in [3.05, 3.63) is 33.8 Å². The largest absolute Gasteiger partial charge is 0.388 e. The summed E-state index contributed by atoms with van der Waals surface area (Å²) in [5.41, 5.74) is 2.00. The smallest absolute Gasteiger partial charge is 0.0869 e. The summed E-state index contributed by atoms with van der Waals surface area (Å²) in [7, 11) is 0. The molecule has 2 nitrogen and oxygen atoms in total. The topological polar surface area (TPSA) is 32.3 Å². The van der Waals surface area contributed by atoms with Gasteiger partial charge in [-0.3, -0.25) is 0 Å². The molecule has 1 heterocycles. The summed E-state index contributed by atoms with van der Waals surface area (Å²) in [4.78, 5) is 0. The summed E-state index contributed by atoms with van der Waals surface area (Å²) >= 11 is 5.35. The molecule has 1 aliphatic rings. The Labute approximate surface area is 122 Å². The molecule has 1 aromatic carbocycles. The first-order valence-electron chi connectivity index (χ1n) is 6.30. The summed E-state index contributed by atoms with van der Waals surface area (Å²) in [5.74, 6) is 1.93. The molecule has 0 radical (unpaired) electrons. The lowest BCUT2D eigenvalue weighted by Crippen LogP contribution is -2.41. The van der Waals surface area contributed by atoms with Crippen LogP contribution < -0.4 is 5.32 Å². The number of hydrogen-bond donors (Lipinski definition) is 2. The third kappa shape index (κ3) is 3.50. The van der Waals surface area contributed by atoms with Crippen molar-refractivity contribution in [2.24, 2.45) is 0 Å². The maximum atomic E-state index is 10.3. The first-order valence-corrected chi connectivity index (χ1v) is 8.24. The normalized spacial score (nSPS) is 25.3. The van der Waals surface area contributed by atoms with Crippen LogP contribution in [0.15, 0.2) is 22.7 Å². The molecular weight excluding hydrogens is 310 g/mol. The summed E-state index contributed by atoms with van der Waals surface area (Å²) in [6.45, 7) is 4.92. The third-order valence-corrected chi connectivity index (χ3v) is 5.63. The number of hydrogen-bond acceptors (Lipinski definition) is 3. The molecule has 1 saturated heterocycles. The van der Waals surface area contributed by atoms with Crippen molar-refractivity contribution in [2.45, 2.75) is 31.9 Å². The Morgan fingerprint density at radius 3 is 2.94 bits per heavy atom. The predicted octanol–water partition coefficient (Wildman–Crippen LogP) is 3.28. The number of nitrogens with one attached hydrogen (secondary N) is 1. The second kappa shape index (κ2) is 5.95. The predicted molar refractivity (Wildman–Crippen MR) is 82.2 cm³/mol. The third-order valence-electron chi connectivity index (χ3n) is 3.50. The lowest BCUT2D eigenvalue weighted by atomic mass is 10.0. The number of aryl methyl sites for hydroxylation is 1. The van der Waals surface area contributed by atoms with E-state index in [2.05, 4.69) is 53.3 Å². The number of aliphatic hydroxyl groups is 1. The van der Waals surface area contributed by atoms with Crippen LogP contribution in [0.5, 0.6) is 0 Å². The van der Waals surface area contributed by atoms with Gasteiger partial charge in [-0.05, 0) is 43.2 Å². The van der Waals surface area contributed by atoms with Crippen LogP contribution in [0.4, 0.5) is 0 Å².